The summed E-state index contributed by atoms with van der Waals surface area (Å²) in [5.41, 5.74) is 0.725. The highest BCUT2D eigenvalue weighted by atomic mass is 16.5. The van der Waals surface area contributed by atoms with E-state index in [1.165, 1.54) is 7.11 Å². The lowest BCUT2D eigenvalue weighted by atomic mass is 9.87. The molecule has 20 heavy (non-hydrogen) atoms. The number of nitrogens with zero attached hydrogens (tertiary/aromatic N) is 1. The van der Waals surface area contributed by atoms with E-state index in [4.69, 9.17) is 4.74 Å². The molecule has 0 spiro atoms. The van der Waals surface area contributed by atoms with Gasteiger partial charge in [-0.25, -0.2) is 4.79 Å². The maximum absolute atomic E-state index is 12.7. The van der Waals surface area contributed by atoms with Crippen molar-refractivity contribution in [3.63, 3.8) is 0 Å². The predicted octanol–water partition coefficient (Wildman–Crippen LogP) is 3.02. The minimum atomic E-state index is -0.420. The van der Waals surface area contributed by atoms with Crippen LogP contribution in [-0.2, 0) is 9.53 Å². The molecular weight excluding hydrogens is 254 g/mol. The zero-order valence-corrected chi connectivity index (χ0v) is 12.3. The molecule has 0 N–H and O–H groups in total. The highest BCUT2D eigenvalue weighted by Gasteiger charge is 2.39. The Labute approximate surface area is 119 Å². The van der Waals surface area contributed by atoms with Crippen LogP contribution in [-0.4, -0.2) is 26.0 Å². The Morgan fingerprint density at radius 2 is 1.80 bits per heavy atom. The Balaban J connectivity index is 2.31. The zero-order chi connectivity index (χ0) is 14.8. The van der Waals surface area contributed by atoms with Crippen molar-refractivity contribution in [2.45, 2.75) is 32.6 Å². The van der Waals surface area contributed by atoms with Gasteiger partial charge in [0.05, 0.1) is 18.4 Å². The molecule has 0 unspecified atom stereocenters. The van der Waals surface area contributed by atoms with Gasteiger partial charge in [0.15, 0.2) is 0 Å². The van der Waals surface area contributed by atoms with Crippen molar-refractivity contribution in [1.29, 1.82) is 0 Å². The summed E-state index contributed by atoms with van der Waals surface area (Å²) < 4.78 is 4.78. The molecule has 1 aliphatic rings. The zero-order valence-electron chi connectivity index (χ0n) is 12.3. The molecule has 1 fully saturated rings. The van der Waals surface area contributed by atoms with Gasteiger partial charge in [0, 0.05) is 12.5 Å². The highest BCUT2D eigenvalue weighted by molar-refractivity contribution is 6.04. The van der Waals surface area contributed by atoms with Crippen LogP contribution in [0.3, 0.4) is 0 Å². The first kappa shape index (κ1) is 14.6. The molecule has 4 heteroatoms. The molecule has 1 aliphatic carbocycles. The number of ether oxygens (including phenoxy) is 1. The third kappa shape index (κ3) is 2.55. The van der Waals surface area contributed by atoms with E-state index in [1.54, 1.807) is 30.1 Å². The lowest BCUT2D eigenvalue weighted by molar-refractivity contribution is -0.126. The smallest absolute Gasteiger partial charge is 0.339 e. The van der Waals surface area contributed by atoms with Crippen LogP contribution in [0.5, 0.6) is 0 Å². The first-order chi connectivity index (χ1) is 9.49. The summed E-state index contributed by atoms with van der Waals surface area (Å²) in [6, 6.07) is 7.05. The van der Waals surface area contributed by atoms with Crippen LogP contribution in [0.15, 0.2) is 24.3 Å². The number of carbonyl (C=O) groups excluding carboxylic acids is 2. The van der Waals surface area contributed by atoms with Crippen LogP contribution >= 0.6 is 0 Å². The van der Waals surface area contributed by atoms with Crippen molar-refractivity contribution in [1.82, 2.24) is 0 Å². The van der Waals surface area contributed by atoms with Gasteiger partial charge in [-0.3, -0.25) is 4.79 Å². The van der Waals surface area contributed by atoms with Gasteiger partial charge in [-0.05, 0) is 25.0 Å². The van der Waals surface area contributed by atoms with Gasteiger partial charge >= 0.3 is 5.97 Å². The minimum Gasteiger partial charge on any atom is -0.465 e. The lowest BCUT2D eigenvalue weighted by Gasteiger charge is -2.29. The third-order valence-electron chi connectivity index (χ3n) is 4.20. The van der Waals surface area contributed by atoms with Crippen molar-refractivity contribution in [3.8, 4) is 0 Å². The molecular formula is C16H21NO3. The first-order valence-corrected chi connectivity index (χ1v) is 6.95. The van der Waals surface area contributed by atoms with E-state index in [0.717, 1.165) is 25.7 Å². The van der Waals surface area contributed by atoms with E-state index in [9.17, 15) is 9.59 Å². The number of amides is 1. The third-order valence-corrected chi connectivity index (χ3v) is 4.20. The van der Waals surface area contributed by atoms with Crippen molar-refractivity contribution in [3.05, 3.63) is 29.8 Å². The van der Waals surface area contributed by atoms with Crippen molar-refractivity contribution in [2.24, 2.45) is 5.41 Å². The molecule has 2 rings (SSSR count). The average Bonchev–Trinajstić information content (AvgIpc) is 2.93. The minimum absolute atomic E-state index is 0.0753. The predicted molar refractivity (Wildman–Crippen MR) is 77.8 cm³/mol. The van der Waals surface area contributed by atoms with Gasteiger partial charge in [-0.1, -0.05) is 31.9 Å². The summed E-state index contributed by atoms with van der Waals surface area (Å²) >= 11 is 0. The molecule has 1 aromatic rings. The number of esters is 1. The second kappa shape index (κ2) is 5.65. The quantitative estimate of drug-likeness (QED) is 0.797. The van der Waals surface area contributed by atoms with Crippen molar-refractivity contribution < 1.29 is 14.3 Å². The van der Waals surface area contributed by atoms with E-state index < -0.39 is 5.97 Å². The Morgan fingerprint density at radius 3 is 2.40 bits per heavy atom. The summed E-state index contributed by atoms with van der Waals surface area (Å²) in [4.78, 5) is 26.1. The summed E-state index contributed by atoms with van der Waals surface area (Å²) in [7, 11) is 3.08. The molecule has 0 aromatic heterocycles. The van der Waals surface area contributed by atoms with Gasteiger partial charge in [0.2, 0.25) is 5.91 Å². The summed E-state index contributed by atoms with van der Waals surface area (Å²) in [5, 5.41) is 0. The summed E-state index contributed by atoms with van der Waals surface area (Å²) in [6.07, 6.45) is 4.01. The van der Waals surface area contributed by atoms with Crippen LogP contribution in [0, 0.1) is 5.41 Å². The SMILES string of the molecule is COC(=O)c1ccccc1N(C)C(=O)C1(C)CCCC1. The topological polar surface area (TPSA) is 46.6 Å². The molecule has 4 nitrogen and oxygen atoms in total. The highest BCUT2D eigenvalue weighted by Crippen LogP contribution is 2.40. The number of methoxy groups -OCH3 is 1. The fourth-order valence-electron chi connectivity index (χ4n) is 2.93. The monoisotopic (exact) mass is 275 g/mol. The van der Waals surface area contributed by atoms with Crippen LogP contribution in [0.2, 0.25) is 0 Å². The molecule has 0 bridgehead atoms. The normalized spacial score (nSPS) is 16.8. The number of para-hydroxylation sites is 1. The standard InChI is InChI=1S/C16H21NO3/c1-16(10-6-7-11-16)15(19)17(2)13-9-5-4-8-12(13)14(18)20-3/h4-5,8-9H,6-7,10-11H2,1-3H3. The maximum Gasteiger partial charge on any atom is 0.339 e. The number of benzene rings is 1. The number of carbonyl (C=O) groups is 2. The first-order valence-electron chi connectivity index (χ1n) is 6.95. The van der Waals surface area contributed by atoms with Crippen LogP contribution < -0.4 is 4.90 Å². The lowest BCUT2D eigenvalue weighted by Crippen LogP contribution is -2.39. The van der Waals surface area contributed by atoms with Crippen molar-refractivity contribution >= 4 is 17.6 Å². The molecule has 108 valence electrons. The molecule has 1 aromatic carbocycles. The second-order valence-corrected chi connectivity index (χ2v) is 5.64. The summed E-state index contributed by atoms with van der Waals surface area (Å²) in [6.45, 7) is 2.01. The van der Waals surface area contributed by atoms with Gasteiger partial charge < -0.3 is 9.64 Å². The Bertz CT molecular complexity index is 518. The largest absolute Gasteiger partial charge is 0.465 e. The fraction of sp³-hybridized carbons (Fsp3) is 0.500. The average molecular weight is 275 g/mol. The maximum atomic E-state index is 12.7. The Kier molecular flexibility index (Phi) is 4.12. The summed E-state index contributed by atoms with van der Waals surface area (Å²) in [5.74, 6) is -0.344. The molecule has 1 amide bonds. The molecule has 0 radical (unpaired) electrons. The van der Waals surface area contributed by atoms with Gasteiger partial charge in [-0.2, -0.15) is 0 Å². The van der Waals surface area contributed by atoms with Crippen LogP contribution in [0.1, 0.15) is 43.0 Å². The number of rotatable bonds is 3. The molecule has 0 heterocycles. The number of anilines is 1. The Hall–Kier alpha value is -1.84. The van der Waals surface area contributed by atoms with Gasteiger partial charge in [0.1, 0.15) is 0 Å². The van der Waals surface area contributed by atoms with Crippen LogP contribution in [0.25, 0.3) is 0 Å². The molecule has 0 atom stereocenters. The molecule has 0 aliphatic heterocycles. The Morgan fingerprint density at radius 1 is 1.20 bits per heavy atom. The number of hydrogen-bond donors (Lipinski definition) is 0. The van der Waals surface area contributed by atoms with Gasteiger partial charge in [-0.15, -0.1) is 0 Å². The van der Waals surface area contributed by atoms with E-state index in [-0.39, 0.29) is 11.3 Å². The number of hydrogen-bond acceptors (Lipinski definition) is 3. The van der Waals surface area contributed by atoms with E-state index in [2.05, 4.69) is 0 Å². The van der Waals surface area contributed by atoms with Crippen LogP contribution in [0.4, 0.5) is 5.69 Å². The molecule has 1 saturated carbocycles. The van der Waals surface area contributed by atoms with E-state index >= 15 is 0 Å². The molecule has 0 saturated heterocycles. The second-order valence-electron chi connectivity index (χ2n) is 5.64. The van der Waals surface area contributed by atoms with E-state index in [1.807, 2.05) is 13.0 Å². The van der Waals surface area contributed by atoms with Gasteiger partial charge in [0.25, 0.3) is 0 Å². The van der Waals surface area contributed by atoms with E-state index in [0.29, 0.717) is 11.3 Å². The van der Waals surface area contributed by atoms with Crippen molar-refractivity contribution in [2.75, 3.05) is 19.1 Å². The fourth-order valence-corrected chi connectivity index (χ4v) is 2.93.